The van der Waals surface area contributed by atoms with Gasteiger partial charge in [0.25, 0.3) is 0 Å². The van der Waals surface area contributed by atoms with E-state index in [4.69, 9.17) is 0 Å². The van der Waals surface area contributed by atoms with E-state index in [1.54, 1.807) is 0 Å². The topological polar surface area (TPSA) is 26.3 Å². The maximum Gasteiger partial charge on any atom is 0.305 e. The molecule has 0 aliphatic rings. The summed E-state index contributed by atoms with van der Waals surface area (Å²) in [5.41, 5.74) is 0. The molecule has 136 valence electrons. The third-order valence-electron chi connectivity index (χ3n) is 4.37. The first-order chi connectivity index (χ1) is 11.3. The zero-order chi connectivity index (χ0) is 17.0. The molecule has 0 radical (unpaired) electrons. The van der Waals surface area contributed by atoms with Crippen molar-refractivity contribution >= 4 is 5.97 Å². The van der Waals surface area contributed by atoms with E-state index >= 15 is 0 Å². The number of hydrogen-bond acceptors (Lipinski definition) is 2. The summed E-state index contributed by atoms with van der Waals surface area (Å²) in [6, 6.07) is 0. The number of carbonyl (C=O) groups excluding carboxylic acids is 1. The largest absolute Gasteiger partial charge is 0.469 e. The quantitative estimate of drug-likeness (QED) is 0.164. The molecule has 0 amide bonds. The minimum Gasteiger partial charge on any atom is -0.469 e. The molecular weight excluding hydrogens is 284 g/mol. The van der Waals surface area contributed by atoms with Crippen LogP contribution in [-0.4, -0.2) is 13.1 Å². The molecule has 2 nitrogen and oxygen atoms in total. The van der Waals surface area contributed by atoms with Crippen molar-refractivity contribution in [3.63, 3.8) is 0 Å². The van der Waals surface area contributed by atoms with Gasteiger partial charge in [0.15, 0.2) is 0 Å². The zero-order valence-corrected chi connectivity index (χ0v) is 15.8. The van der Waals surface area contributed by atoms with Crippen LogP contribution < -0.4 is 0 Å². The molecule has 0 N–H and O–H groups in total. The molecule has 0 spiro atoms. The average Bonchev–Trinajstić information content (AvgIpc) is 2.57. The Hall–Kier alpha value is -0.790. The molecule has 0 aromatic rings. The lowest BCUT2D eigenvalue weighted by Gasteiger charge is -2.02. The molecular formula is C21H40O2. The first kappa shape index (κ1) is 22.2. The van der Waals surface area contributed by atoms with Crippen molar-refractivity contribution in [3.8, 4) is 0 Å². The summed E-state index contributed by atoms with van der Waals surface area (Å²) in [5, 5.41) is 0. The van der Waals surface area contributed by atoms with Crippen molar-refractivity contribution in [2.24, 2.45) is 0 Å². The van der Waals surface area contributed by atoms with E-state index < -0.39 is 0 Å². The van der Waals surface area contributed by atoms with Gasteiger partial charge in [-0.3, -0.25) is 4.79 Å². The smallest absolute Gasteiger partial charge is 0.305 e. The molecule has 23 heavy (non-hydrogen) atoms. The van der Waals surface area contributed by atoms with Crippen LogP contribution in [-0.2, 0) is 9.53 Å². The van der Waals surface area contributed by atoms with Gasteiger partial charge in [-0.1, -0.05) is 89.7 Å². The summed E-state index contributed by atoms with van der Waals surface area (Å²) >= 11 is 0. The number of unbranched alkanes of at least 4 members (excludes halogenated alkanes) is 13. The number of allylic oxidation sites excluding steroid dienone is 2. The molecule has 0 atom stereocenters. The highest BCUT2D eigenvalue weighted by molar-refractivity contribution is 5.68. The monoisotopic (exact) mass is 324 g/mol. The van der Waals surface area contributed by atoms with Crippen LogP contribution in [0.15, 0.2) is 12.2 Å². The molecule has 0 unspecified atom stereocenters. The number of methoxy groups -OCH3 is 1. The fourth-order valence-electron chi connectivity index (χ4n) is 2.81. The first-order valence-electron chi connectivity index (χ1n) is 10.0. The first-order valence-corrected chi connectivity index (χ1v) is 10.0. The standard InChI is InChI=1S/C21H40O2/c1-3-4-5-6-7-8-9-10-11-12-13-14-15-16-17-18-19-20-21(22)23-2/h16-17H,3-15,18-20H2,1-2H3. The highest BCUT2D eigenvalue weighted by Crippen LogP contribution is 2.12. The van der Waals surface area contributed by atoms with E-state index in [1.165, 1.54) is 90.6 Å². The molecule has 0 aliphatic heterocycles. The molecule has 0 saturated carbocycles. The van der Waals surface area contributed by atoms with E-state index in [9.17, 15) is 4.79 Å². The van der Waals surface area contributed by atoms with Crippen LogP contribution in [0.1, 0.15) is 110 Å². The summed E-state index contributed by atoms with van der Waals surface area (Å²) < 4.78 is 4.62. The average molecular weight is 325 g/mol. The van der Waals surface area contributed by atoms with Gasteiger partial charge in [-0.2, -0.15) is 0 Å². The molecule has 0 aliphatic carbocycles. The van der Waals surface area contributed by atoms with Crippen molar-refractivity contribution in [2.45, 2.75) is 110 Å². The lowest BCUT2D eigenvalue weighted by molar-refractivity contribution is -0.140. The van der Waals surface area contributed by atoms with Crippen LogP contribution in [0.4, 0.5) is 0 Å². The van der Waals surface area contributed by atoms with E-state index in [1.807, 2.05) is 0 Å². The number of rotatable bonds is 17. The Bertz CT molecular complexity index is 271. The number of esters is 1. The van der Waals surface area contributed by atoms with Crippen LogP contribution in [0.3, 0.4) is 0 Å². The van der Waals surface area contributed by atoms with E-state index in [0.29, 0.717) is 6.42 Å². The van der Waals surface area contributed by atoms with Gasteiger partial charge >= 0.3 is 5.97 Å². The van der Waals surface area contributed by atoms with Gasteiger partial charge in [0.1, 0.15) is 0 Å². The van der Waals surface area contributed by atoms with E-state index in [0.717, 1.165) is 12.8 Å². The van der Waals surface area contributed by atoms with Gasteiger partial charge < -0.3 is 4.74 Å². The molecule has 0 heterocycles. The highest BCUT2D eigenvalue weighted by atomic mass is 16.5. The molecule has 0 rings (SSSR count). The number of ether oxygens (including phenoxy) is 1. The number of hydrogen-bond donors (Lipinski definition) is 0. The predicted octanol–water partition coefficient (Wildman–Crippen LogP) is 6.98. The third kappa shape index (κ3) is 19.2. The lowest BCUT2D eigenvalue weighted by Crippen LogP contribution is -1.98. The predicted molar refractivity (Wildman–Crippen MR) is 101 cm³/mol. The summed E-state index contributed by atoms with van der Waals surface area (Å²) in [6.45, 7) is 2.28. The molecule has 0 aromatic heterocycles. The van der Waals surface area contributed by atoms with Crippen LogP contribution in [0.25, 0.3) is 0 Å². The van der Waals surface area contributed by atoms with Gasteiger partial charge in [-0.05, 0) is 25.7 Å². The van der Waals surface area contributed by atoms with E-state index in [2.05, 4.69) is 23.8 Å². The fraction of sp³-hybridized carbons (Fsp3) is 0.857. The molecule has 0 bridgehead atoms. The van der Waals surface area contributed by atoms with Crippen molar-refractivity contribution in [1.82, 2.24) is 0 Å². The van der Waals surface area contributed by atoms with Gasteiger partial charge in [0, 0.05) is 6.42 Å². The number of carbonyl (C=O) groups is 1. The highest BCUT2D eigenvalue weighted by Gasteiger charge is 1.97. The summed E-state index contributed by atoms with van der Waals surface area (Å²) in [4.78, 5) is 10.9. The Balaban J connectivity index is 3.08. The lowest BCUT2D eigenvalue weighted by atomic mass is 10.0. The molecule has 0 aromatic carbocycles. The minimum atomic E-state index is -0.0978. The van der Waals surface area contributed by atoms with Crippen LogP contribution >= 0.6 is 0 Å². The van der Waals surface area contributed by atoms with Crippen LogP contribution in [0, 0.1) is 0 Å². The summed E-state index contributed by atoms with van der Waals surface area (Å²) in [7, 11) is 1.45. The van der Waals surface area contributed by atoms with Gasteiger partial charge in [0.05, 0.1) is 7.11 Å². The second-order valence-electron chi connectivity index (χ2n) is 6.62. The van der Waals surface area contributed by atoms with Gasteiger partial charge in [0.2, 0.25) is 0 Å². The van der Waals surface area contributed by atoms with Gasteiger partial charge in [-0.25, -0.2) is 0 Å². The van der Waals surface area contributed by atoms with Crippen LogP contribution in [0.5, 0.6) is 0 Å². The molecule has 0 saturated heterocycles. The second-order valence-corrected chi connectivity index (χ2v) is 6.62. The SMILES string of the molecule is CCCCCCCCCCCCCCC=CCCCC(=O)OC. The van der Waals surface area contributed by atoms with E-state index in [-0.39, 0.29) is 5.97 Å². The Kier molecular flexibility index (Phi) is 18.6. The minimum absolute atomic E-state index is 0.0978. The maximum absolute atomic E-state index is 10.9. The second kappa shape index (κ2) is 19.3. The summed E-state index contributed by atoms with van der Waals surface area (Å²) in [6.07, 6.45) is 25.0. The Morgan fingerprint density at radius 1 is 0.696 bits per heavy atom. The molecule has 2 heteroatoms. The third-order valence-corrected chi connectivity index (χ3v) is 4.37. The van der Waals surface area contributed by atoms with Crippen molar-refractivity contribution in [3.05, 3.63) is 12.2 Å². The Morgan fingerprint density at radius 2 is 1.13 bits per heavy atom. The van der Waals surface area contributed by atoms with Crippen molar-refractivity contribution in [2.75, 3.05) is 7.11 Å². The van der Waals surface area contributed by atoms with Gasteiger partial charge in [-0.15, -0.1) is 0 Å². The van der Waals surface area contributed by atoms with Crippen molar-refractivity contribution in [1.29, 1.82) is 0 Å². The summed E-state index contributed by atoms with van der Waals surface area (Å²) in [5.74, 6) is -0.0978. The fourth-order valence-corrected chi connectivity index (χ4v) is 2.81. The normalized spacial score (nSPS) is 11.2. The zero-order valence-electron chi connectivity index (χ0n) is 15.8. The Morgan fingerprint density at radius 3 is 1.61 bits per heavy atom. The van der Waals surface area contributed by atoms with Crippen molar-refractivity contribution < 1.29 is 9.53 Å². The van der Waals surface area contributed by atoms with Crippen LogP contribution in [0.2, 0.25) is 0 Å². The Labute approximate surface area is 145 Å². The maximum atomic E-state index is 10.9. The molecule has 0 fully saturated rings.